The molecule has 0 aromatic heterocycles. The predicted octanol–water partition coefficient (Wildman–Crippen LogP) is 1.22. The first kappa shape index (κ1) is 21.7. The normalized spacial score (nSPS) is 11.3. The maximum atomic E-state index is 11.8. The lowest BCUT2D eigenvalue weighted by Gasteiger charge is -2.19. The molecule has 10 heteroatoms. The molecule has 136 valence electrons. The molecule has 0 bridgehead atoms. The number of hydrogen-bond donors (Lipinski definition) is 1. The van der Waals surface area contributed by atoms with E-state index in [0.717, 1.165) is 0 Å². The molecule has 1 atom stereocenters. The first-order valence-corrected chi connectivity index (χ1v) is 7.72. The second-order valence-electron chi connectivity index (χ2n) is 4.94. The van der Waals surface area contributed by atoms with Crippen molar-refractivity contribution < 1.29 is 28.6 Å². The predicted molar refractivity (Wildman–Crippen MR) is 83.6 cm³/mol. The number of carbonyl (C=O) groups is 3. The second kappa shape index (κ2) is 13.1. The van der Waals surface area contributed by atoms with Gasteiger partial charge >= 0.3 is 17.9 Å². The standard InChI is InChI=1S/C14H24N4O6/c1-3-5-12(19)22-8-10(9-23-13(20)6-4-2)24-14(21)11(15)7-17-18-16/h10-11H,3-9,15H2,1-2H3/t11-/m1/s1. The zero-order valence-corrected chi connectivity index (χ0v) is 14.0. The Morgan fingerprint density at radius 1 is 1.08 bits per heavy atom. The van der Waals surface area contributed by atoms with Crippen molar-refractivity contribution in [2.75, 3.05) is 19.8 Å². The number of rotatable bonds is 12. The van der Waals surface area contributed by atoms with E-state index in [1.54, 1.807) is 0 Å². The summed E-state index contributed by atoms with van der Waals surface area (Å²) in [5, 5.41) is 3.18. The van der Waals surface area contributed by atoms with E-state index in [-0.39, 0.29) is 32.6 Å². The molecule has 24 heavy (non-hydrogen) atoms. The van der Waals surface area contributed by atoms with E-state index in [2.05, 4.69) is 10.0 Å². The van der Waals surface area contributed by atoms with Crippen molar-refractivity contribution in [3.05, 3.63) is 10.4 Å². The number of nitrogens with zero attached hydrogens (tertiary/aromatic N) is 3. The van der Waals surface area contributed by atoms with Gasteiger partial charge in [0.15, 0.2) is 6.10 Å². The smallest absolute Gasteiger partial charge is 0.323 e. The summed E-state index contributed by atoms with van der Waals surface area (Å²) in [6.07, 6.45) is 0.716. The number of ether oxygens (including phenoxy) is 3. The molecule has 0 aliphatic rings. The molecule has 0 amide bonds. The highest BCUT2D eigenvalue weighted by Gasteiger charge is 2.22. The third-order valence-corrected chi connectivity index (χ3v) is 2.70. The Labute approximate surface area is 140 Å². The van der Waals surface area contributed by atoms with Crippen molar-refractivity contribution in [3.8, 4) is 0 Å². The van der Waals surface area contributed by atoms with Crippen molar-refractivity contribution in [2.45, 2.75) is 51.7 Å². The summed E-state index contributed by atoms with van der Waals surface area (Å²) in [4.78, 5) is 37.1. The molecular formula is C14H24N4O6. The van der Waals surface area contributed by atoms with E-state index in [9.17, 15) is 14.4 Å². The fourth-order valence-corrected chi connectivity index (χ4v) is 1.49. The van der Waals surface area contributed by atoms with Crippen LogP contribution in [0.2, 0.25) is 0 Å². The largest absolute Gasteiger partial charge is 0.462 e. The van der Waals surface area contributed by atoms with Gasteiger partial charge in [-0.15, -0.1) is 0 Å². The van der Waals surface area contributed by atoms with Crippen LogP contribution in [0.25, 0.3) is 10.4 Å². The first-order valence-electron chi connectivity index (χ1n) is 7.72. The van der Waals surface area contributed by atoms with Crippen molar-refractivity contribution in [2.24, 2.45) is 10.8 Å². The van der Waals surface area contributed by atoms with Crippen molar-refractivity contribution >= 4 is 17.9 Å². The van der Waals surface area contributed by atoms with Crippen molar-refractivity contribution in [1.29, 1.82) is 0 Å². The first-order chi connectivity index (χ1) is 11.4. The molecule has 2 N–H and O–H groups in total. The van der Waals surface area contributed by atoms with Crippen LogP contribution in [0.3, 0.4) is 0 Å². The van der Waals surface area contributed by atoms with E-state index < -0.39 is 30.1 Å². The van der Waals surface area contributed by atoms with Crippen LogP contribution in [0.5, 0.6) is 0 Å². The fraction of sp³-hybridized carbons (Fsp3) is 0.786. The van der Waals surface area contributed by atoms with Crippen molar-refractivity contribution in [1.82, 2.24) is 0 Å². The molecule has 0 heterocycles. The lowest BCUT2D eigenvalue weighted by atomic mass is 10.3. The van der Waals surface area contributed by atoms with Crippen LogP contribution < -0.4 is 5.73 Å². The number of nitrogens with two attached hydrogens (primary N) is 1. The van der Waals surface area contributed by atoms with Crippen LogP contribution in [0.15, 0.2) is 5.11 Å². The molecule has 0 saturated carbocycles. The topological polar surface area (TPSA) is 154 Å². The quantitative estimate of drug-likeness (QED) is 0.183. The van der Waals surface area contributed by atoms with Crippen LogP contribution in [-0.4, -0.2) is 49.8 Å². The molecule has 0 fully saturated rings. The van der Waals surface area contributed by atoms with Gasteiger partial charge in [0.05, 0.1) is 6.54 Å². The summed E-state index contributed by atoms with van der Waals surface area (Å²) in [6, 6.07) is -1.15. The summed E-state index contributed by atoms with van der Waals surface area (Å²) >= 11 is 0. The van der Waals surface area contributed by atoms with Gasteiger partial charge in [0.25, 0.3) is 0 Å². The third-order valence-electron chi connectivity index (χ3n) is 2.70. The molecule has 0 rings (SSSR count). The third kappa shape index (κ3) is 10.4. The van der Waals surface area contributed by atoms with Gasteiger partial charge in [-0.05, 0) is 18.4 Å². The summed E-state index contributed by atoms with van der Waals surface area (Å²) in [6.45, 7) is 2.86. The molecular weight excluding hydrogens is 320 g/mol. The molecule has 0 radical (unpaired) electrons. The van der Waals surface area contributed by atoms with Crippen LogP contribution in [-0.2, 0) is 28.6 Å². The highest BCUT2D eigenvalue weighted by atomic mass is 16.6. The van der Waals surface area contributed by atoms with Gasteiger partial charge in [0.2, 0.25) is 0 Å². The summed E-state index contributed by atoms with van der Waals surface area (Å²) < 4.78 is 15.0. The van der Waals surface area contributed by atoms with Gasteiger partial charge in [-0.1, -0.05) is 19.0 Å². The Morgan fingerprint density at radius 2 is 1.58 bits per heavy atom. The van der Waals surface area contributed by atoms with E-state index in [1.807, 2.05) is 13.8 Å². The molecule has 0 aromatic carbocycles. The lowest BCUT2D eigenvalue weighted by molar-refractivity contribution is -0.167. The highest BCUT2D eigenvalue weighted by Crippen LogP contribution is 2.03. The van der Waals surface area contributed by atoms with E-state index >= 15 is 0 Å². The molecule has 0 unspecified atom stereocenters. The molecule has 0 aliphatic carbocycles. The zero-order chi connectivity index (χ0) is 18.4. The van der Waals surface area contributed by atoms with Gasteiger partial charge < -0.3 is 19.9 Å². The average Bonchev–Trinajstić information content (AvgIpc) is 2.55. The number of carbonyl (C=O) groups excluding carboxylic acids is 3. The fourth-order valence-electron chi connectivity index (χ4n) is 1.49. The van der Waals surface area contributed by atoms with Crippen LogP contribution in [0.1, 0.15) is 39.5 Å². The van der Waals surface area contributed by atoms with Gasteiger partial charge in [0, 0.05) is 17.8 Å². The minimum absolute atomic E-state index is 0.229. The maximum Gasteiger partial charge on any atom is 0.323 e. The van der Waals surface area contributed by atoms with Gasteiger partial charge in [-0.2, -0.15) is 0 Å². The van der Waals surface area contributed by atoms with Gasteiger partial charge in [-0.3, -0.25) is 14.4 Å². The summed E-state index contributed by atoms with van der Waals surface area (Å²) in [5.74, 6) is -1.74. The monoisotopic (exact) mass is 344 g/mol. The number of hydrogen-bond acceptors (Lipinski definition) is 8. The summed E-state index contributed by atoms with van der Waals surface area (Å²) in [7, 11) is 0. The zero-order valence-electron chi connectivity index (χ0n) is 14.0. The summed E-state index contributed by atoms with van der Waals surface area (Å²) in [5.41, 5.74) is 13.7. The Hall–Kier alpha value is -2.32. The molecule has 0 aromatic rings. The Kier molecular flexibility index (Phi) is 11.9. The van der Waals surface area contributed by atoms with Crippen LogP contribution >= 0.6 is 0 Å². The molecule has 0 aliphatic heterocycles. The number of esters is 3. The SMILES string of the molecule is CCCC(=O)OCC(COC(=O)CCC)OC(=O)[C@H](N)CN=[N+]=[N-]. The Balaban J connectivity index is 4.59. The van der Waals surface area contributed by atoms with E-state index in [0.29, 0.717) is 12.8 Å². The van der Waals surface area contributed by atoms with Crippen LogP contribution in [0, 0.1) is 0 Å². The Bertz CT molecular complexity index is 442. The Morgan fingerprint density at radius 3 is 2.00 bits per heavy atom. The maximum absolute atomic E-state index is 11.8. The minimum Gasteiger partial charge on any atom is -0.462 e. The van der Waals surface area contributed by atoms with Gasteiger partial charge in [-0.25, -0.2) is 0 Å². The van der Waals surface area contributed by atoms with Crippen molar-refractivity contribution in [3.63, 3.8) is 0 Å². The van der Waals surface area contributed by atoms with E-state index in [1.165, 1.54) is 0 Å². The lowest BCUT2D eigenvalue weighted by Crippen LogP contribution is -2.40. The van der Waals surface area contributed by atoms with Crippen LogP contribution in [0.4, 0.5) is 0 Å². The molecule has 10 nitrogen and oxygen atoms in total. The number of azide groups is 1. The van der Waals surface area contributed by atoms with E-state index in [4.69, 9.17) is 25.5 Å². The second-order valence-corrected chi connectivity index (χ2v) is 4.94. The molecule has 0 spiro atoms. The van der Waals surface area contributed by atoms with Gasteiger partial charge in [0.1, 0.15) is 19.3 Å². The minimum atomic E-state index is -1.15. The average molecular weight is 344 g/mol. The molecule has 0 saturated heterocycles. The highest BCUT2D eigenvalue weighted by molar-refractivity contribution is 5.76.